The number of aromatic nitrogens is 4. The smallest absolute Gasteiger partial charge is 0.317 e. The van der Waals surface area contributed by atoms with Crippen LogP contribution in [0.15, 0.2) is 24.5 Å². The van der Waals surface area contributed by atoms with E-state index in [0.717, 1.165) is 17.8 Å². The lowest BCUT2D eigenvalue weighted by molar-refractivity contribution is 0.0757. The number of rotatable bonds is 3. The van der Waals surface area contributed by atoms with E-state index in [0.29, 0.717) is 19.1 Å². The monoisotopic (exact) mass is 299 g/mol. The Morgan fingerprint density at radius 2 is 1.91 bits per heavy atom. The van der Waals surface area contributed by atoms with E-state index in [2.05, 4.69) is 19.9 Å². The molecule has 1 aliphatic rings. The summed E-state index contributed by atoms with van der Waals surface area (Å²) in [7, 11) is 0. The van der Waals surface area contributed by atoms with Crippen molar-refractivity contribution in [3.05, 3.63) is 41.7 Å². The SMILES string of the molecule is Cc1cc(C)nc(O[C@@H]2CCN(C(=O)c3ncccn3)C2)n1. The average Bonchev–Trinajstić information content (AvgIpc) is 2.95. The Morgan fingerprint density at radius 1 is 1.23 bits per heavy atom. The first-order valence-electron chi connectivity index (χ1n) is 7.17. The fourth-order valence-corrected chi connectivity index (χ4v) is 2.46. The van der Waals surface area contributed by atoms with Crippen LogP contribution in [0, 0.1) is 13.8 Å². The third-order valence-electron chi connectivity index (χ3n) is 3.42. The van der Waals surface area contributed by atoms with Crippen LogP contribution in [-0.4, -0.2) is 49.9 Å². The van der Waals surface area contributed by atoms with Gasteiger partial charge in [0, 0.05) is 36.7 Å². The van der Waals surface area contributed by atoms with E-state index in [9.17, 15) is 4.79 Å². The molecule has 1 fully saturated rings. The topological polar surface area (TPSA) is 81.1 Å². The summed E-state index contributed by atoms with van der Waals surface area (Å²) in [6.45, 7) is 4.91. The lowest BCUT2D eigenvalue weighted by atomic mass is 10.3. The average molecular weight is 299 g/mol. The Hall–Kier alpha value is -2.57. The van der Waals surface area contributed by atoms with Crippen LogP contribution in [0.5, 0.6) is 6.01 Å². The van der Waals surface area contributed by atoms with Gasteiger partial charge >= 0.3 is 6.01 Å². The lowest BCUT2D eigenvalue weighted by Gasteiger charge is -2.15. The molecular weight excluding hydrogens is 282 g/mol. The van der Waals surface area contributed by atoms with E-state index in [1.807, 2.05) is 19.9 Å². The molecule has 0 radical (unpaired) electrons. The largest absolute Gasteiger partial charge is 0.458 e. The number of carbonyl (C=O) groups is 1. The number of carbonyl (C=O) groups excluding carboxylic acids is 1. The minimum absolute atomic E-state index is 0.103. The van der Waals surface area contributed by atoms with Gasteiger partial charge in [-0.05, 0) is 26.0 Å². The van der Waals surface area contributed by atoms with Crippen LogP contribution in [0.2, 0.25) is 0 Å². The summed E-state index contributed by atoms with van der Waals surface area (Å²) in [6, 6.07) is 3.95. The van der Waals surface area contributed by atoms with Crippen molar-refractivity contribution in [1.82, 2.24) is 24.8 Å². The molecule has 2 aromatic heterocycles. The molecular formula is C15H17N5O2. The van der Waals surface area contributed by atoms with Crippen LogP contribution in [0.1, 0.15) is 28.4 Å². The van der Waals surface area contributed by atoms with Crippen LogP contribution in [-0.2, 0) is 0 Å². The highest BCUT2D eigenvalue weighted by molar-refractivity contribution is 5.90. The third kappa shape index (κ3) is 3.19. The van der Waals surface area contributed by atoms with Gasteiger partial charge in [0.25, 0.3) is 5.91 Å². The Kier molecular flexibility index (Phi) is 3.95. The van der Waals surface area contributed by atoms with Gasteiger partial charge in [-0.25, -0.2) is 19.9 Å². The predicted octanol–water partition coefficient (Wildman–Crippen LogP) is 1.18. The highest BCUT2D eigenvalue weighted by Crippen LogP contribution is 2.17. The van der Waals surface area contributed by atoms with E-state index >= 15 is 0 Å². The van der Waals surface area contributed by atoms with E-state index in [1.54, 1.807) is 23.4 Å². The van der Waals surface area contributed by atoms with Gasteiger partial charge in [0.1, 0.15) is 6.10 Å². The highest BCUT2D eigenvalue weighted by Gasteiger charge is 2.30. The number of aryl methyl sites for hydroxylation is 2. The fraction of sp³-hybridized carbons (Fsp3) is 0.400. The third-order valence-corrected chi connectivity index (χ3v) is 3.42. The number of likely N-dealkylation sites (tertiary alicyclic amines) is 1. The Labute approximate surface area is 128 Å². The minimum atomic E-state index is -0.173. The van der Waals surface area contributed by atoms with Crippen molar-refractivity contribution >= 4 is 5.91 Å². The van der Waals surface area contributed by atoms with Gasteiger partial charge in [0.05, 0.1) is 6.54 Å². The van der Waals surface area contributed by atoms with Crippen molar-refractivity contribution < 1.29 is 9.53 Å². The first kappa shape index (κ1) is 14.4. The second-order valence-corrected chi connectivity index (χ2v) is 5.29. The molecule has 2 aromatic rings. The van der Waals surface area contributed by atoms with Crippen molar-refractivity contribution in [1.29, 1.82) is 0 Å². The number of amides is 1. The molecule has 1 amide bonds. The van der Waals surface area contributed by atoms with Gasteiger partial charge in [0.15, 0.2) is 0 Å². The fourth-order valence-electron chi connectivity index (χ4n) is 2.46. The zero-order chi connectivity index (χ0) is 15.5. The number of hydrogen-bond donors (Lipinski definition) is 0. The summed E-state index contributed by atoms with van der Waals surface area (Å²) < 4.78 is 5.80. The molecule has 7 nitrogen and oxygen atoms in total. The maximum Gasteiger partial charge on any atom is 0.317 e. The highest BCUT2D eigenvalue weighted by atomic mass is 16.5. The molecule has 1 atom stereocenters. The van der Waals surface area contributed by atoms with Gasteiger partial charge in [-0.15, -0.1) is 0 Å². The van der Waals surface area contributed by atoms with Gasteiger partial charge in [-0.2, -0.15) is 0 Å². The number of ether oxygens (including phenoxy) is 1. The predicted molar refractivity (Wildman–Crippen MR) is 78.5 cm³/mol. The molecule has 1 aliphatic heterocycles. The summed E-state index contributed by atoms with van der Waals surface area (Å²) in [5.41, 5.74) is 1.73. The molecule has 1 saturated heterocycles. The first-order chi connectivity index (χ1) is 10.6. The molecule has 0 aromatic carbocycles. The standard InChI is InChI=1S/C15H17N5O2/c1-10-8-11(2)19-15(18-10)22-12-4-7-20(9-12)14(21)13-16-5-3-6-17-13/h3,5-6,8,12H,4,7,9H2,1-2H3/t12-/m1/s1. The Morgan fingerprint density at radius 3 is 2.59 bits per heavy atom. The summed E-state index contributed by atoms with van der Waals surface area (Å²) in [5.74, 6) is 0.0406. The zero-order valence-corrected chi connectivity index (χ0v) is 12.6. The quantitative estimate of drug-likeness (QED) is 0.846. The molecule has 0 aliphatic carbocycles. The van der Waals surface area contributed by atoms with Crippen LogP contribution < -0.4 is 4.74 Å². The van der Waals surface area contributed by atoms with Gasteiger partial charge in [0.2, 0.25) is 5.82 Å². The summed E-state index contributed by atoms with van der Waals surface area (Å²) in [5, 5.41) is 0. The van der Waals surface area contributed by atoms with Crippen LogP contribution in [0.4, 0.5) is 0 Å². The van der Waals surface area contributed by atoms with E-state index < -0.39 is 0 Å². The minimum Gasteiger partial charge on any atom is -0.458 e. The second kappa shape index (κ2) is 6.05. The first-order valence-corrected chi connectivity index (χ1v) is 7.17. The normalized spacial score (nSPS) is 17.5. The molecule has 3 heterocycles. The molecule has 7 heteroatoms. The molecule has 0 saturated carbocycles. The van der Waals surface area contributed by atoms with Crippen molar-refractivity contribution in [3.63, 3.8) is 0 Å². The summed E-state index contributed by atoms with van der Waals surface area (Å²) in [4.78, 5) is 30.5. The van der Waals surface area contributed by atoms with E-state index in [-0.39, 0.29) is 17.8 Å². The number of nitrogens with zero attached hydrogens (tertiary/aromatic N) is 5. The zero-order valence-electron chi connectivity index (χ0n) is 12.6. The van der Waals surface area contributed by atoms with Gasteiger partial charge in [-0.1, -0.05) is 0 Å². The van der Waals surface area contributed by atoms with Crippen LogP contribution >= 0.6 is 0 Å². The van der Waals surface area contributed by atoms with Crippen molar-refractivity contribution in [2.24, 2.45) is 0 Å². The molecule has 0 N–H and O–H groups in total. The van der Waals surface area contributed by atoms with Crippen molar-refractivity contribution in [2.45, 2.75) is 26.4 Å². The summed E-state index contributed by atoms with van der Waals surface area (Å²) in [6.07, 6.45) is 3.77. The van der Waals surface area contributed by atoms with Crippen LogP contribution in [0.25, 0.3) is 0 Å². The molecule has 0 bridgehead atoms. The van der Waals surface area contributed by atoms with E-state index in [1.165, 1.54) is 0 Å². The van der Waals surface area contributed by atoms with E-state index in [4.69, 9.17) is 4.74 Å². The van der Waals surface area contributed by atoms with Gasteiger partial charge < -0.3 is 9.64 Å². The van der Waals surface area contributed by atoms with Crippen molar-refractivity contribution in [2.75, 3.05) is 13.1 Å². The summed E-state index contributed by atoms with van der Waals surface area (Å²) >= 11 is 0. The maximum absolute atomic E-state index is 12.3. The second-order valence-electron chi connectivity index (χ2n) is 5.29. The molecule has 3 rings (SSSR count). The molecule has 0 spiro atoms. The number of hydrogen-bond acceptors (Lipinski definition) is 6. The van der Waals surface area contributed by atoms with Gasteiger partial charge in [-0.3, -0.25) is 4.79 Å². The van der Waals surface area contributed by atoms with Crippen molar-refractivity contribution in [3.8, 4) is 6.01 Å². The molecule has 22 heavy (non-hydrogen) atoms. The molecule has 0 unspecified atom stereocenters. The molecule has 114 valence electrons. The lowest BCUT2D eigenvalue weighted by Crippen LogP contribution is -2.32. The Bertz CT molecular complexity index is 657. The maximum atomic E-state index is 12.3. The van der Waals surface area contributed by atoms with Crippen LogP contribution in [0.3, 0.4) is 0 Å². The Balaban J connectivity index is 1.64.